The van der Waals surface area contributed by atoms with Crippen LogP contribution in [0.3, 0.4) is 0 Å². The average Bonchev–Trinajstić information content (AvgIpc) is 3.61. The molecule has 0 aliphatic rings. The summed E-state index contributed by atoms with van der Waals surface area (Å²) in [5, 5.41) is 9.58. The molecule has 0 saturated heterocycles. The van der Waals surface area contributed by atoms with E-state index in [9.17, 15) is 0 Å². The van der Waals surface area contributed by atoms with Crippen LogP contribution in [0.4, 0.5) is 0 Å². The van der Waals surface area contributed by atoms with Gasteiger partial charge >= 0.3 is 0 Å². The van der Waals surface area contributed by atoms with Crippen molar-refractivity contribution in [2.45, 2.75) is 6.92 Å². The summed E-state index contributed by atoms with van der Waals surface area (Å²) >= 11 is 0. The standard InChI is InChI=1S/C53H36O/c1-3-4-22-38-34(2)49(40-23-11-12-24-41(40)50(38)35-18-7-5-8-19-35)47-30-17-29-46-39-32-31-37(33-48(39)54-53(46)47)52-44-27-15-13-25-42(44)51(36-20-9-6-10-21-36)43-26-14-16-28-45(43)52/h3-33H,1H2,2H3/b22-4-. The molecule has 1 nitrogen and oxygen atoms in total. The second kappa shape index (κ2) is 12.9. The van der Waals surface area contributed by atoms with Gasteiger partial charge in [0.25, 0.3) is 0 Å². The fourth-order valence-corrected chi connectivity index (χ4v) is 8.73. The number of furan rings is 1. The summed E-state index contributed by atoms with van der Waals surface area (Å²) in [6.45, 7) is 6.24. The van der Waals surface area contributed by atoms with Crippen LogP contribution in [0, 0.1) is 6.92 Å². The van der Waals surface area contributed by atoms with Crippen molar-refractivity contribution in [2.75, 3.05) is 0 Å². The van der Waals surface area contributed by atoms with E-state index in [-0.39, 0.29) is 0 Å². The van der Waals surface area contributed by atoms with Crippen LogP contribution < -0.4 is 0 Å². The van der Waals surface area contributed by atoms with Gasteiger partial charge in [-0.2, -0.15) is 0 Å². The molecule has 0 radical (unpaired) electrons. The van der Waals surface area contributed by atoms with Gasteiger partial charge in [0.1, 0.15) is 11.2 Å². The number of hydrogen-bond donors (Lipinski definition) is 0. The molecule has 0 spiro atoms. The molecule has 254 valence electrons. The highest BCUT2D eigenvalue weighted by atomic mass is 16.3. The Labute approximate surface area is 314 Å². The van der Waals surface area contributed by atoms with Gasteiger partial charge in [0.05, 0.1) is 0 Å². The molecule has 0 amide bonds. The van der Waals surface area contributed by atoms with E-state index in [0.29, 0.717) is 0 Å². The number of benzene rings is 9. The van der Waals surface area contributed by atoms with Crippen LogP contribution >= 0.6 is 0 Å². The van der Waals surface area contributed by atoms with Gasteiger partial charge in [0.2, 0.25) is 0 Å². The summed E-state index contributed by atoms with van der Waals surface area (Å²) in [6, 6.07) is 61.2. The minimum Gasteiger partial charge on any atom is -0.455 e. The maximum atomic E-state index is 7.02. The third-order valence-corrected chi connectivity index (χ3v) is 11.0. The number of hydrogen-bond acceptors (Lipinski definition) is 1. The molecule has 1 heteroatoms. The van der Waals surface area contributed by atoms with Crippen LogP contribution in [0.25, 0.3) is 105 Å². The van der Waals surface area contributed by atoms with Crippen LogP contribution in [0.15, 0.2) is 193 Å². The van der Waals surface area contributed by atoms with Crippen molar-refractivity contribution >= 4 is 60.3 Å². The zero-order valence-corrected chi connectivity index (χ0v) is 30.0. The summed E-state index contributed by atoms with van der Waals surface area (Å²) in [5.41, 5.74) is 13.7. The quantitative estimate of drug-likeness (QED) is 0.125. The zero-order valence-electron chi connectivity index (χ0n) is 30.0. The number of rotatable bonds is 6. The van der Waals surface area contributed by atoms with E-state index in [0.717, 1.165) is 33.1 Å². The second-order valence-corrected chi connectivity index (χ2v) is 14.0. The summed E-state index contributed by atoms with van der Waals surface area (Å²) in [6.07, 6.45) is 6.09. The molecule has 0 fully saturated rings. The summed E-state index contributed by atoms with van der Waals surface area (Å²) in [5.74, 6) is 0. The minimum atomic E-state index is 0.880. The lowest BCUT2D eigenvalue weighted by Crippen LogP contribution is -1.96. The van der Waals surface area contributed by atoms with Crippen LogP contribution in [0.5, 0.6) is 0 Å². The first kappa shape index (κ1) is 31.7. The second-order valence-electron chi connectivity index (χ2n) is 14.0. The Balaban J connectivity index is 1.23. The first-order valence-electron chi connectivity index (χ1n) is 18.6. The smallest absolute Gasteiger partial charge is 0.143 e. The molecule has 10 aromatic rings. The van der Waals surface area contributed by atoms with Crippen LogP contribution in [0.1, 0.15) is 11.1 Å². The van der Waals surface area contributed by atoms with Gasteiger partial charge in [-0.15, -0.1) is 0 Å². The number of fused-ring (bicyclic) bond motifs is 6. The zero-order chi connectivity index (χ0) is 36.2. The van der Waals surface area contributed by atoms with Crippen molar-refractivity contribution in [1.29, 1.82) is 0 Å². The highest BCUT2D eigenvalue weighted by Crippen LogP contribution is 2.47. The molecule has 0 aliphatic heterocycles. The van der Waals surface area contributed by atoms with E-state index in [4.69, 9.17) is 4.42 Å². The molecule has 0 saturated carbocycles. The van der Waals surface area contributed by atoms with Crippen molar-refractivity contribution in [3.63, 3.8) is 0 Å². The molecule has 0 bridgehead atoms. The Bertz CT molecular complexity index is 3050. The summed E-state index contributed by atoms with van der Waals surface area (Å²) < 4.78 is 7.02. The Kier molecular flexibility index (Phi) is 7.59. The average molecular weight is 689 g/mol. The third-order valence-electron chi connectivity index (χ3n) is 11.0. The van der Waals surface area contributed by atoms with Crippen LogP contribution in [-0.2, 0) is 0 Å². The molecular formula is C53H36O. The van der Waals surface area contributed by atoms with Crippen molar-refractivity contribution in [1.82, 2.24) is 0 Å². The van der Waals surface area contributed by atoms with E-state index in [1.165, 1.54) is 76.8 Å². The predicted octanol–water partition coefficient (Wildman–Crippen LogP) is 15.2. The highest BCUT2D eigenvalue weighted by Gasteiger charge is 2.22. The Morgan fingerprint density at radius 3 is 1.48 bits per heavy atom. The van der Waals surface area contributed by atoms with E-state index in [1.54, 1.807) is 0 Å². The Morgan fingerprint density at radius 1 is 0.426 bits per heavy atom. The highest BCUT2D eigenvalue weighted by molar-refractivity contribution is 6.22. The largest absolute Gasteiger partial charge is 0.455 e. The SMILES string of the molecule is C=C/C=C\c1c(C)c(-c2cccc3c2oc2cc(-c4c5ccccc5c(-c5ccccc5)c5ccccc45)ccc23)c2ccccc2c1-c1ccccc1. The lowest BCUT2D eigenvalue weighted by Gasteiger charge is -2.20. The first-order valence-corrected chi connectivity index (χ1v) is 18.6. The minimum absolute atomic E-state index is 0.880. The molecule has 0 unspecified atom stereocenters. The van der Waals surface area contributed by atoms with Crippen LogP contribution in [0.2, 0.25) is 0 Å². The van der Waals surface area contributed by atoms with E-state index in [1.807, 2.05) is 12.2 Å². The monoisotopic (exact) mass is 688 g/mol. The predicted molar refractivity (Wildman–Crippen MR) is 232 cm³/mol. The van der Waals surface area contributed by atoms with Gasteiger partial charge in [-0.3, -0.25) is 0 Å². The molecule has 0 atom stereocenters. The lowest BCUT2D eigenvalue weighted by molar-refractivity contribution is 0.670. The van der Waals surface area contributed by atoms with E-state index < -0.39 is 0 Å². The molecule has 0 aliphatic carbocycles. The van der Waals surface area contributed by atoms with Gasteiger partial charge in [0, 0.05) is 16.3 Å². The molecule has 9 aromatic carbocycles. The summed E-state index contributed by atoms with van der Waals surface area (Å²) in [7, 11) is 0. The van der Waals surface area contributed by atoms with Crippen LogP contribution in [-0.4, -0.2) is 0 Å². The normalized spacial score (nSPS) is 11.8. The van der Waals surface area contributed by atoms with Gasteiger partial charge < -0.3 is 4.42 Å². The molecule has 10 rings (SSSR count). The third kappa shape index (κ3) is 4.94. The lowest BCUT2D eigenvalue weighted by atomic mass is 9.83. The number of para-hydroxylation sites is 1. The van der Waals surface area contributed by atoms with E-state index in [2.05, 4.69) is 189 Å². The summed E-state index contributed by atoms with van der Waals surface area (Å²) in [4.78, 5) is 0. The molecule has 54 heavy (non-hydrogen) atoms. The van der Waals surface area contributed by atoms with Crippen molar-refractivity contribution in [3.8, 4) is 44.5 Å². The first-order chi connectivity index (χ1) is 26.7. The maximum Gasteiger partial charge on any atom is 0.143 e. The van der Waals surface area contributed by atoms with Gasteiger partial charge in [0.15, 0.2) is 0 Å². The fourth-order valence-electron chi connectivity index (χ4n) is 8.73. The Morgan fingerprint density at radius 2 is 0.907 bits per heavy atom. The topological polar surface area (TPSA) is 13.1 Å². The fraction of sp³-hybridized carbons (Fsp3) is 0.0189. The molecular weight excluding hydrogens is 653 g/mol. The molecule has 1 heterocycles. The van der Waals surface area contributed by atoms with Gasteiger partial charge in [-0.25, -0.2) is 0 Å². The van der Waals surface area contributed by atoms with E-state index >= 15 is 0 Å². The molecule has 1 aromatic heterocycles. The Hall–Kier alpha value is -6.96. The van der Waals surface area contributed by atoms with Crippen molar-refractivity contribution < 1.29 is 4.42 Å². The van der Waals surface area contributed by atoms with Gasteiger partial charge in [-0.1, -0.05) is 183 Å². The number of allylic oxidation sites excluding steroid dienone is 2. The van der Waals surface area contributed by atoms with Gasteiger partial charge in [-0.05, 0) is 101 Å². The maximum absolute atomic E-state index is 7.02. The van der Waals surface area contributed by atoms with Crippen molar-refractivity contribution in [2.24, 2.45) is 0 Å². The van der Waals surface area contributed by atoms with Crippen molar-refractivity contribution in [3.05, 3.63) is 200 Å². The molecule has 0 N–H and O–H groups in total.